The lowest BCUT2D eigenvalue weighted by atomic mass is 10.1. The highest BCUT2D eigenvalue weighted by Gasteiger charge is 2.33. The van der Waals surface area contributed by atoms with Crippen LogP contribution < -0.4 is 11.2 Å². The number of benzene rings is 1. The van der Waals surface area contributed by atoms with E-state index in [-0.39, 0.29) is 21.8 Å². The fourth-order valence-corrected chi connectivity index (χ4v) is 1.83. The summed E-state index contributed by atoms with van der Waals surface area (Å²) in [4.78, 5) is 24.9. The predicted molar refractivity (Wildman–Crippen MR) is 67.1 cm³/mol. The summed E-state index contributed by atoms with van der Waals surface area (Å²) in [5, 5.41) is 8.76. The van der Waals surface area contributed by atoms with Crippen LogP contribution in [0.2, 0.25) is 0 Å². The number of aromatic nitrogens is 2. The van der Waals surface area contributed by atoms with Gasteiger partial charge in [-0.05, 0) is 24.6 Å². The summed E-state index contributed by atoms with van der Waals surface area (Å²) in [5.74, 6) is -1.07. The van der Waals surface area contributed by atoms with Crippen LogP contribution in [0.4, 0.5) is 17.6 Å². The van der Waals surface area contributed by atoms with Crippen LogP contribution in [0, 0.1) is 24.1 Å². The summed E-state index contributed by atoms with van der Waals surface area (Å²) in [6.07, 6.45) is -4.91. The molecule has 1 aromatic carbocycles. The molecule has 0 aliphatic heterocycles. The van der Waals surface area contributed by atoms with Gasteiger partial charge < -0.3 is 4.98 Å². The van der Waals surface area contributed by atoms with Gasteiger partial charge in [0, 0.05) is 6.07 Å². The highest BCUT2D eigenvalue weighted by atomic mass is 19.4. The summed E-state index contributed by atoms with van der Waals surface area (Å²) >= 11 is 0. The van der Waals surface area contributed by atoms with Crippen LogP contribution in [-0.2, 0) is 6.18 Å². The molecule has 0 amide bonds. The van der Waals surface area contributed by atoms with Crippen molar-refractivity contribution in [1.29, 1.82) is 5.26 Å². The molecule has 22 heavy (non-hydrogen) atoms. The zero-order valence-electron chi connectivity index (χ0n) is 11.0. The van der Waals surface area contributed by atoms with Gasteiger partial charge in [-0.2, -0.15) is 18.4 Å². The molecule has 9 heteroatoms. The summed E-state index contributed by atoms with van der Waals surface area (Å²) < 4.78 is 51.6. The maximum Gasteiger partial charge on any atom is 0.431 e. The van der Waals surface area contributed by atoms with Crippen molar-refractivity contribution in [2.24, 2.45) is 0 Å². The van der Waals surface area contributed by atoms with Gasteiger partial charge in [0.2, 0.25) is 0 Å². The summed E-state index contributed by atoms with van der Waals surface area (Å²) in [7, 11) is 0. The minimum Gasteiger partial charge on any atom is -0.303 e. The van der Waals surface area contributed by atoms with Gasteiger partial charge in [-0.25, -0.2) is 13.8 Å². The van der Waals surface area contributed by atoms with Gasteiger partial charge >= 0.3 is 11.9 Å². The molecule has 0 aliphatic rings. The van der Waals surface area contributed by atoms with Gasteiger partial charge in [-0.3, -0.25) is 4.79 Å². The Morgan fingerprint density at radius 1 is 1.23 bits per heavy atom. The van der Waals surface area contributed by atoms with Crippen molar-refractivity contribution in [1.82, 2.24) is 9.55 Å². The molecule has 0 fully saturated rings. The first-order valence-corrected chi connectivity index (χ1v) is 5.79. The van der Waals surface area contributed by atoms with Gasteiger partial charge in [0.05, 0.1) is 17.3 Å². The van der Waals surface area contributed by atoms with E-state index in [0.717, 1.165) is 12.1 Å². The van der Waals surface area contributed by atoms with Gasteiger partial charge in [-0.15, -0.1) is 0 Å². The molecule has 0 spiro atoms. The van der Waals surface area contributed by atoms with E-state index in [2.05, 4.69) is 0 Å². The molecule has 0 radical (unpaired) electrons. The maximum atomic E-state index is 13.9. The summed E-state index contributed by atoms with van der Waals surface area (Å²) in [6, 6.07) is 3.71. The second kappa shape index (κ2) is 5.14. The molecule has 0 saturated heterocycles. The van der Waals surface area contributed by atoms with Gasteiger partial charge in [0.1, 0.15) is 11.5 Å². The molecule has 1 aromatic heterocycles. The van der Waals surface area contributed by atoms with Crippen LogP contribution in [0.25, 0.3) is 5.69 Å². The smallest absolute Gasteiger partial charge is 0.303 e. The highest BCUT2D eigenvalue weighted by molar-refractivity contribution is 5.46. The van der Waals surface area contributed by atoms with E-state index in [4.69, 9.17) is 5.26 Å². The first-order valence-electron chi connectivity index (χ1n) is 5.79. The Hall–Kier alpha value is -2.89. The number of hydrogen-bond acceptors (Lipinski definition) is 3. The van der Waals surface area contributed by atoms with Gasteiger partial charge in [0.15, 0.2) is 0 Å². The van der Waals surface area contributed by atoms with E-state index in [1.807, 2.05) is 0 Å². The Kier molecular flexibility index (Phi) is 3.62. The molecule has 0 atom stereocenters. The number of nitriles is 1. The van der Waals surface area contributed by atoms with E-state index in [1.54, 1.807) is 6.07 Å². The molecular weight excluding hydrogens is 306 g/mol. The standard InChI is InChI=1S/C13H7F4N3O2/c1-6-2-9(8(14)3-7(6)5-18)20-11(21)4-10(13(15,16)17)19-12(20)22/h2-4H,1H3,(H,19,22). The fraction of sp³-hybridized carbons (Fsp3) is 0.154. The minimum absolute atomic E-state index is 0.0161. The average Bonchev–Trinajstić information content (AvgIpc) is 2.40. The van der Waals surface area contributed by atoms with E-state index in [0.29, 0.717) is 0 Å². The lowest BCUT2D eigenvalue weighted by molar-refractivity contribution is -0.141. The molecule has 0 unspecified atom stereocenters. The number of nitrogens with one attached hydrogen (secondary N) is 1. The second-order valence-electron chi connectivity index (χ2n) is 4.39. The van der Waals surface area contributed by atoms with Crippen LogP contribution in [0.1, 0.15) is 16.8 Å². The molecular formula is C13H7F4N3O2. The number of nitrogens with zero attached hydrogens (tertiary/aromatic N) is 2. The molecule has 0 saturated carbocycles. The fourth-order valence-electron chi connectivity index (χ4n) is 1.83. The van der Waals surface area contributed by atoms with Crippen molar-refractivity contribution in [3.8, 4) is 11.8 Å². The summed E-state index contributed by atoms with van der Waals surface area (Å²) in [5.41, 5.74) is -4.56. The first kappa shape index (κ1) is 15.5. The van der Waals surface area contributed by atoms with Crippen LogP contribution in [0.15, 0.2) is 27.8 Å². The number of hydrogen-bond donors (Lipinski definition) is 1. The predicted octanol–water partition coefficient (Wildman–Crippen LogP) is 1.86. The van der Waals surface area contributed by atoms with Gasteiger partial charge in [-0.1, -0.05) is 0 Å². The van der Waals surface area contributed by atoms with E-state index in [1.165, 1.54) is 11.9 Å². The normalized spacial score (nSPS) is 11.3. The van der Waals surface area contributed by atoms with Gasteiger partial charge in [0.25, 0.3) is 5.56 Å². The van der Waals surface area contributed by atoms with Crippen LogP contribution in [0.3, 0.4) is 0 Å². The molecule has 2 aromatic rings. The van der Waals surface area contributed by atoms with Crippen LogP contribution in [-0.4, -0.2) is 9.55 Å². The third-order valence-corrected chi connectivity index (χ3v) is 2.89. The van der Waals surface area contributed by atoms with Crippen molar-refractivity contribution in [3.05, 3.63) is 61.7 Å². The molecule has 114 valence electrons. The van der Waals surface area contributed by atoms with Crippen molar-refractivity contribution in [3.63, 3.8) is 0 Å². The Balaban J connectivity index is 2.76. The maximum absolute atomic E-state index is 13.9. The first-order chi connectivity index (χ1) is 10.1. The van der Waals surface area contributed by atoms with Crippen molar-refractivity contribution < 1.29 is 17.6 Å². The minimum atomic E-state index is -4.91. The van der Waals surface area contributed by atoms with E-state index in [9.17, 15) is 27.2 Å². The molecule has 0 bridgehead atoms. The largest absolute Gasteiger partial charge is 0.431 e. The van der Waals surface area contributed by atoms with E-state index >= 15 is 0 Å². The zero-order valence-corrected chi connectivity index (χ0v) is 11.0. The third kappa shape index (κ3) is 2.63. The van der Waals surface area contributed by atoms with Crippen molar-refractivity contribution in [2.75, 3.05) is 0 Å². The summed E-state index contributed by atoms with van der Waals surface area (Å²) in [6.45, 7) is 1.44. The molecule has 0 aliphatic carbocycles. The van der Waals surface area contributed by atoms with Crippen molar-refractivity contribution >= 4 is 0 Å². The molecule has 5 nitrogen and oxygen atoms in total. The number of H-pyrrole nitrogens is 1. The topological polar surface area (TPSA) is 78.7 Å². The molecule has 1 N–H and O–H groups in total. The number of alkyl halides is 3. The monoisotopic (exact) mass is 313 g/mol. The molecule has 1 heterocycles. The van der Waals surface area contributed by atoms with Crippen LogP contribution in [0.5, 0.6) is 0 Å². The Bertz CT molecular complexity index is 872. The average molecular weight is 313 g/mol. The Morgan fingerprint density at radius 3 is 2.36 bits per heavy atom. The molecule has 2 rings (SSSR count). The number of aromatic amines is 1. The number of rotatable bonds is 1. The lowest BCUT2D eigenvalue weighted by Gasteiger charge is -2.10. The second-order valence-corrected chi connectivity index (χ2v) is 4.39. The SMILES string of the molecule is Cc1cc(-n2c(=O)cc(C(F)(F)F)[nH]c2=O)c(F)cc1C#N. The third-order valence-electron chi connectivity index (χ3n) is 2.89. The Labute approximate surface area is 120 Å². The lowest BCUT2D eigenvalue weighted by Crippen LogP contribution is -2.36. The quantitative estimate of drug-likeness (QED) is 0.816. The highest BCUT2D eigenvalue weighted by Crippen LogP contribution is 2.25. The number of aryl methyl sites for hydroxylation is 1. The number of halogens is 4. The zero-order chi connectivity index (χ0) is 16.7. The van der Waals surface area contributed by atoms with E-state index < -0.39 is 34.6 Å². The van der Waals surface area contributed by atoms with Crippen molar-refractivity contribution in [2.45, 2.75) is 13.1 Å². The van der Waals surface area contributed by atoms with Crippen LogP contribution >= 0.6 is 0 Å². The Morgan fingerprint density at radius 2 is 1.86 bits per heavy atom.